The number of amides is 1. The highest BCUT2D eigenvalue weighted by Crippen LogP contribution is 2.28. The lowest BCUT2D eigenvalue weighted by molar-refractivity contribution is 0.0790. The van der Waals surface area contributed by atoms with E-state index in [1.807, 2.05) is 36.6 Å². The highest BCUT2D eigenvalue weighted by molar-refractivity contribution is 9.10. The fourth-order valence-corrected chi connectivity index (χ4v) is 3.21. The van der Waals surface area contributed by atoms with E-state index in [9.17, 15) is 4.79 Å². The minimum absolute atomic E-state index is 0.0361. The molecule has 19 heavy (non-hydrogen) atoms. The minimum atomic E-state index is -0.0361. The second-order valence-corrected chi connectivity index (χ2v) is 6.52. The average molecular weight is 359 g/mol. The lowest BCUT2D eigenvalue weighted by Crippen LogP contribution is -2.25. The zero-order valence-electron chi connectivity index (χ0n) is 10.6. The summed E-state index contributed by atoms with van der Waals surface area (Å²) in [5, 5.41) is 2.47. The van der Waals surface area contributed by atoms with Crippen molar-refractivity contribution >= 4 is 44.8 Å². The molecule has 0 unspecified atom stereocenters. The monoisotopic (exact) mass is 357 g/mol. The highest BCUT2D eigenvalue weighted by Gasteiger charge is 2.18. The van der Waals surface area contributed by atoms with Crippen molar-refractivity contribution in [2.24, 2.45) is 0 Å². The first-order valence-electron chi connectivity index (χ1n) is 5.72. The molecule has 100 valence electrons. The summed E-state index contributed by atoms with van der Waals surface area (Å²) in [5.41, 5.74) is 2.04. The molecule has 0 saturated heterocycles. The summed E-state index contributed by atoms with van der Waals surface area (Å²) >= 11 is 10.9. The normalized spacial score (nSPS) is 10.5. The molecule has 1 heterocycles. The molecule has 0 N–H and O–H groups in total. The maximum Gasteiger partial charge on any atom is 0.265 e. The maximum absolute atomic E-state index is 12.3. The van der Waals surface area contributed by atoms with Gasteiger partial charge in [0.1, 0.15) is 4.88 Å². The van der Waals surface area contributed by atoms with Crippen LogP contribution in [0.1, 0.15) is 20.8 Å². The van der Waals surface area contributed by atoms with Gasteiger partial charge in [-0.3, -0.25) is 4.79 Å². The van der Waals surface area contributed by atoms with Crippen LogP contribution in [0.3, 0.4) is 0 Å². The largest absolute Gasteiger partial charge is 0.337 e. The van der Waals surface area contributed by atoms with Crippen molar-refractivity contribution in [1.29, 1.82) is 0 Å². The Labute approximate surface area is 130 Å². The molecule has 0 spiro atoms. The summed E-state index contributed by atoms with van der Waals surface area (Å²) in [7, 11) is 1.79. The molecule has 2 rings (SSSR count). The van der Waals surface area contributed by atoms with E-state index in [0.29, 0.717) is 16.4 Å². The number of halogens is 2. The second-order valence-electron chi connectivity index (χ2n) is 4.35. The number of carbonyl (C=O) groups excluding carboxylic acids is 1. The molecule has 0 bridgehead atoms. The Morgan fingerprint density at radius 1 is 1.37 bits per heavy atom. The van der Waals surface area contributed by atoms with E-state index in [1.54, 1.807) is 11.9 Å². The van der Waals surface area contributed by atoms with Crippen molar-refractivity contribution in [3.8, 4) is 0 Å². The van der Waals surface area contributed by atoms with Gasteiger partial charge in [-0.15, -0.1) is 11.3 Å². The topological polar surface area (TPSA) is 20.3 Å². The summed E-state index contributed by atoms with van der Waals surface area (Å²) in [6.45, 7) is 2.48. The summed E-state index contributed by atoms with van der Waals surface area (Å²) < 4.78 is 1.03. The van der Waals surface area contributed by atoms with Crippen LogP contribution in [0.5, 0.6) is 0 Å². The van der Waals surface area contributed by atoms with E-state index in [1.165, 1.54) is 11.3 Å². The van der Waals surface area contributed by atoms with E-state index < -0.39 is 0 Å². The molecule has 0 fully saturated rings. The number of aryl methyl sites for hydroxylation is 1. The van der Waals surface area contributed by atoms with Gasteiger partial charge in [-0.1, -0.05) is 39.7 Å². The van der Waals surface area contributed by atoms with Crippen molar-refractivity contribution in [1.82, 2.24) is 4.90 Å². The molecule has 0 atom stereocenters. The highest BCUT2D eigenvalue weighted by atomic mass is 79.9. The standard InChI is InChI=1S/C14H13BrClNOS/c1-9-8-19-13(12(9)16)14(18)17(2)7-10-3-5-11(15)6-4-10/h3-6,8H,7H2,1-2H3. The molecule has 5 heteroatoms. The predicted molar refractivity (Wildman–Crippen MR) is 84.0 cm³/mol. The third kappa shape index (κ3) is 3.38. The molecule has 0 aliphatic rings. The molecular weight excluding hydrogens is 346 g/mol. The molecular formula is C14H13BrClNOS. The molecule has 1 aromatic carbocycles. The van der Waals surface area contributed by atoms with Crippen molar-refractivity contribution in [2.45, 2.75) is 13.5 Å². The molecule has 0 radical (unpaired) electrons. The summed E-state index contributed by atoms with van der Waals surface area (Å²) in [6, 6.07) is 7.93. The van der Waals surface area contributed by atoms with Crippen molar-refractivity contribution in [2.75, 3.05) is 7.05 Å². The van der Waals surface area contributed by atoms with Crippen LogP contribution in [0, 0.1) is 6.92 Å². The lowest BCUT2D eigenvalue weighted by Gasteiger charge is -2.16. The molecule has 1 aromatic heterocycles. The maximum atomic E-state index is 12.3. The number of benzene rings is 1. The third-order valence-corrected chi connectivity index (χ3v) is 4.99. The Balaban J connectivity index is 2.11. The number of hydrogen-bond donors (Lipinski definition) is 0. The number of hydrogen-bond acceptors (Lipinski definition) is 2. The van der Waals surface area contributed by atoms with Gasteiger partial charge in [0.05, 0.1) is 5.02 Å². The van der Waals surface area contributed by atoms with E-state index in [4.69, 9.17) is 11.6 Å². The number of rotatable bonds is 3. The average Bonchev–Trinajstić information content (AvgIpc) is 2.72. The number of nitrogens with zero attached hydrogens (tertiary/aromatic N) is 1. The fourth-order valence-electron chi connectivity index (χ4n) is 1.68. The van der Waals surface area contributed by atoms with Crippen LogP contribution in [-0.2, 0) is 6.54 Å². The molecule has 2 aromatic rings. The zero-order chi connectivity index (χ0) is 14.0. The van der Waals surface area contributed by atoms with E-state index >= 15 is 0 Å². The van der Waals surface area contributed by atoms with E-state index in [2.05, 4.69) is 15.9 Å². The third-order valence-electron chi connectivity index (χ3n) is 2.77. The zero-order valence-corrected chi connectivity index (χ0v) is 13.8. The van der Waals surface area contributed by atoms with Crippen molar-refractivity contribution in [3.63, 3.8) is 0 Å². The second kappa shape index (κ2) is 6.07. The van der Waals surface area contributed by atoms with Crippen LogP contribution >= 0.6 is 38.9 Å². The van der Waals surface area contributed by atoms with Crippen LogP contribution in [0.4, 0.5) is 0 Å². The first-order valence-corrected chi connectivity index (χ1v) is 7.77. The summed E-state index contributed by atoms with van der Waals surface area (Å²) in [6.07, 6.45) is 0. The first kappa shape index (κ1) is 14.6. The molecule has 2 nitrogen and oxygen atoms in total. The fraction of sp³-hybridized carbons (Fsp3) is 0.214. The predicted octanol–water partition coefficient (Wildman–Crippen LogP) is 4.74. The van der Waals surface area contributed by atoms with Gasteiger partial charge in [0.25, 0.3) is 5.91 Å². The smallest absolute Gasteiger partial charge is 0.265 e. The Bertz CT molecular complexity index is 594. The van der Waals surface area contributed by atoms with Crippen molar-refractivity contribution in [3.05, 3.63) is 55.1 Å². The van der Waals surface area contributed by atoms with Gasteiger partial charge in [0.2, 0.25) is 0 Å². The van der Waals surface area contributed by atoms with Crippen LogP contribution in [0.15, 0.2) is 34.1 Å². The van der Waals surface area contributed by atoms with Gasteiger partial charge >= 0.3 is 0 Å². The molecule has 1 amide bonds. The lowest BCUT2D eigenvalue weighted by atomic mass is 10.2. The van der Waals surface area contributed by atoms with Gasteiger partial charge in [-0.25, -0.2) is 0 Å². The Morgan fingerprint density at radius 3 is 2.53 bits per heavy atom. The van der Waals surface area contributed by atoms with Crippen molar-refractivity contribution < 1.29 is 4.79 Å². The minimum Gasteiger partial charge on any atom is -0.337 e. The van der Waals surface area contributed by atoms with Gasteiger partial charge < -0.3 is 4.90 Å². The SMILES string of the molecule is Cc1csc(C(=O)N(C)Cc2ccc(Br)cc2)c1Cl. The molecule has 0 aliphatic carbocycles. The Hall–Kier alpha value is -0.840. The van der Waals surface area contributed by atoms with E-state index in [-0.39, 0.29) is 5.91 Å². The Morgan fingerprint density at radius 2 is 2.00 bits per heavy atom. The quantitative estimate of drug-likeness (QED) is 0.775. The molecule has 0 saturated carbocycles. The van der Waals surface area contributed by atoms with Crippen LogP contribution < -0.4 is 0 Å². The van der Waals surface area contributed by atoms with Crippen LogP contribution in [0.25, 0.3) is 0 Å². The number of thiophene rings is 1. The summed E-state index contributed by atoms with van der Waals surface area (Å²) in [5.74, 6) is -0.0361. The van der Waals surface area contributed by atoms with Gasteiger partial charge in [0.15, 0.2) is 0 Å². The number of carbonyl (C=O) groups is 1. The molecule has 0 aliphatic heterocycles. The van der Waals surface area contributed by atoms with Gasteiger partial charge in [-0.05, 0) is 35.6 Å². The van der Waals surface area contributed by atoms with E-state index in [0.717, 1.165) is 15.6 Å². The Kier molecular flexibility index (Phi) is 4.66. The van der Waals surface area contributed by atoms with Crippen LogP contribution in [0.2, 0.25) is 5.02 Å². The van der Waals surface area contributed by atoms with Gasteiger partial charge in [-0.2, -0.15) is 0 Å². The summed E-state index contributed by atoms with van der Waals surface area (Å²) in [4.78, 5) is 14.6. The van der Waals surface area contributed by atoms with Crippen LogP contribution in [-0.4, -0.2) is 17.9 Å². The van der Waals surface area contributed by atoms with Gasteiger partial charge in [0, 0.05) is 18.1 Å². The first-order chi connectivity index (χ1) is 8.99.